The molecule has 8 nitrogen and oxygen atoms in total. The third-order valence-corrected chi connectivity index (χ3v) is 5.73. The molecular weight excluding hydrogens is 452 g/mol. The highest BCUT2D eigenvalue weighted by Crippen LogP contribution is 2.36. The van der Waals surface area contributed by atoms with Gasteiger partial charge in [0.2, 0.25) is 11.8 Å². The van der Waals surface area contributed by atoms with Crippen molar-refractivity contribution in [2.24, 2.45) is 10.2 Å². The number of anilines is 1. The first-order valence-electron chi connectivity index (χ1n) is 9.85. The molecule has 0 aliphatic carbocycles. The van der Waals surface area contributed by atoms with Crippen molar-refractivity contribution in [3.05, 3.63) is 52.5 Å². The number of hydrogen-bond acceptors (Lipinski definition) is 7. The number of aryl methyl sites for hydroxylation is 1. The number of ether oxygens (including phenoxy) is 2. The Kier molecular flexibility index (Phi) is 8.13. The average molecular weight is 475 g/mol. The fraction of sp³-hybridized carbons (Fsp3) is 0.273. The van der Waals surface area contributed by atoms with Gasteiger partial charge in [-0.05, 0) is 38.1 Å². The third-order valence-electron chi connectivity index (χ3n) is 4.37. The summed E-state index contributed by atoms with van der Waals surface area (Å²) in [4.78, 5) is 24.5. The van der Waals surface area contributed by atoms with Gasteiger partial charge in [0.15, 0.2) is 16.7 Å². The summed E-state index contributed by atoms with van der Waals surface area (Å²) in [5, 5.41) is 13.6. The van der Waals surface area contributed by atoms with Gasteiger partial charge in [0, 0.05) is 17.7 Å². The van der Waals surface area contributed by atoms with Crippen LogP contribution in [-0.2, 0) is 9.59 Å². The molecule has 32 heavy (non-hydrogen) atoms. The van der Waals surface area contributed by atoms with Crippen molar-refractivity contribution in [3.8, 4) is 11.5 Å². The smallest absolute Gasteiger partial charge is 0.240 e. The van der Waals surface area contributed by atoms with Crippen LogP contribution in [0, 0.1) is 6.92 Å². The maximum absolute atomic E-state index is 12.3. The lowest BCUT2D eigenvalue weighted by Gasteiger charge is -2.11. The van der Waals surface area contributed by atoms with Crippen molar-refractivity contribution >= 4 is 52.2 Å². The first-order valence-corrected chi connectivity index (χ1v) is 11.1. The Hall–Kier alpha value is -3.04. The van der Waals surface area contributed by atoms with E-state index < -0.39 is 5.25 Å². The second kappa shape index (κ2) is 11.0. The standard InChI is InChI=1S/C22H23ClN4O4S/c1-4-31-17-10-14(9-16(23)20(17)30-3)12-24-27-22-26-21(29)18(32-22)11-19(28)25-15-7-5-13(2)6-8-15/h5-10,12,18H,4,11H2,1-3H3,(H,25,28)(H,26,27,29)/b24-12-/t18-/m0/s1. The van der Waals surface area contributed by atoms with Gasteiger partial charge in [-0.15, -0.1) is 5.10 Å². The highest BCUT2D eigenvalue weighted by Gasteiger charge is 2.32. The van der Waals surface area contributed by atoms with Crippen LogP contribution in [0.1, 0.15) is 24.5 Å². The number of thioether (sulfide) groups is 1. The van der Waals surface area contributed by atoms with Gasteiger partial charge in [-0.2, -0.15) is 5.10 Å². The molecule has 2 aromatic carbocycles. The summed E-state index contributed by atoms with van der Waals surface area (Å²) in [5.41, 5.74) is 2.44. The Labute approximate surface area is 195 Å². The number of benzene rings is 2. The summed E-state index contributed by atoms with van der Waals surface area (Å²) in [6.45, 7) is 4.28. The summed E-state index contributed by atoms with van der Waals surface area (Å²) < 4.78 is 10.8. The number of methoxy groups -OCH3 is 1. The average Bonchev–Trinajstić information content (AvgIpc) is 3.09. The minimum atomic E-state index is -0.575. The number of amides is 2. The van der Waals surface area contributed by atoms with Crippen molar-refractivity contribution in [2.75, 3.05) is 19.0 Å². The van der Waals surface area contributed by atoms with Crippen molar-refractivity contribution < 1.29 is 19.1 Å². The largest absolute Gasteiger partial charge is 0.491 e. The highest BCUT2D eigenvalue weighted by molar-refractivity contribution is 8.15. The molecule has 0 radical (unpaired) electrons. The Balaban J connectivity index is 1.60. The number of halogens is 1. The molecule has 0 bridgehead atoms. The zero-order valence-electron chi connectivity index (χ0n) is 17.8. The zero-order valence-corrected chi connectivity index (χ0v) is 19.4. The van der Waals surface area contributed by atoms with Crippen LogP contribution in [0.5, 0.6) is 11.5 Å². The molecule has 1 fully saturated rings. The van der Waals surface area contributed by atoms with Crippen LogP contribution in [0.25, 0.3) is 0 Å². The van der Waals surface area contributed by atoms with E-state index in [4.69, 9.17) is 21.1 Å². The molecule has 2 aromatic rings. The maximum Gasteiger partial charge on any atom is 0.240 e. The van der Waals surface area contributed by atoms with Gasteiger partial charge in [-0.25, -0.2) is 0 Å². The normalized spacial score (nSPS) is 16.9. The lowest BCUT2D eigenvalue weighted by molar-refractivity contribution is -0.122. The fourth-order valence-electron chi connectivity index (χ4n) is 2.88. The Morgan fingerprint density at radius 3 is 2.75 bits per heavy atom. The molecule has 0 spiro atoms. The minimum absolute atomic E-state index is 0.0267. The van der Waals surface area contributed by atoms with E-state index in [1.165, 1.54) is 13.3 Å². The van der Waals surface area contributed by atoms with Crippen molar-refractivity contribution in [1.29, 1.82) is 0 Å². The highest BCUT2D eigenvalue weighted by atomic mass is 35.5. The fourth-order valence-corrected chi connectivity index (χ4v) is 4.10. The van der Waals surface area contributed by atoms with Crippen LogP contribution in [0.15, 0.2) is 46.6 Å². The SMILES string of the molecule is CCOc1cc(/C=N\N=C2\NC(=O)[C@H](CC(=O)Nc3ccc(C)cc3)S2)cc(Cl)c1OC. The first kappa shape index (κ1) is 23.6. The van der Waals surface area contributed by atoms with Crippen LogP contribution in [0.4, 0.5) is 5.69 Å². The van der Waals surface area contributed by atoms with Gasteiger partial charge in [0.25, 0.3) is 0 Å². The van der Waals surface area contributed by atoms with E-state index in [2.05, 4.69) is 20.8 Å². The minimum Gasteiger partial charge on any atom is -0.491 e. The van der Waals surface area contributed by atoms with E-state index in [0.29, 0.717) is 39.5 Å². The third kappa shape index (κ3) is 6.24. The van der Waals surface area contributed by atoms with Crippen LogP contribution in [0.3, 0.4) is 0 Å². The number of hydrogen-bond donors (Lipinski definition) is 2. The number of nitrogens with zero attached hydrogens (tertiary/aromatic N) is 2. The molecule has 1 heterocycles. The van der Waals surface area contributed by atoms with E-state index in [9.17, 15) is 9.59 Å². The van der Waals surface area contributed by atoms with Crippen LogP contribution in [-0.4, -0.2) is 42.2 Å². The van der Waals surface area contributed by atoms with Crippen molar-refractivity contribution in [3.63, 3.8) is 0 Å². The molecule has 2 N–H and O–H groups in total. The number of rotatable bonds is 8. The Morgan fingerprint density at radius 2 is 2.06 bits per heavy atom. The summed E-state index contributed by atoms with van der Waals surface area (Å²) in [5.74, 6) is 0.416. The number of carbonyl (C=O) groups is 2. The zero-order chi connectivity index (χ0) is 23.1. The van der Waals surface area contributed by atoms with Crippen LogP contribution in [0.2, 0.25) is 5.02 Å². The van der Waals surface area contributed by atoms with E-state index >= 15 is 0 Å². The van der Waals surface area contributed by atoms with Gasteiger partial charge in [0.05, 0.1) is 25.0 Å². The van der Waals surface area contributed by atoms with Crippen molar-refractivity contribution in [1.82, 2.24) is 5.32 Å². The molecule has 1 aliphatic rings. The van der Waals surface area contributed by atoms with Gasteiger partial charge >= 0.3 is 0 Å². The second-order valence-electron chi connectivity index (χ2n) is 6.83. The van der Waals surface area contributed by atoms with Gasteiger partial charge in [-0.1, -0.05) is 41.1 Å². The van der Waals surface area contributed by atoms with Gasteiger partial charge in [-0.3, -0.25) is 9.59 Å². The molecule has 3 rings (SSSR count). The lowest BCUT2D eigenvalue weighted by Crippen LogP contribution is -2.28. The van der Waals surface area contributed by atoms with E-state index in [1.807, 2.05) is 38.1 Å². The summed E-state index contributed by atoms with van der Waals surface area (Å²) in [7, 11) is 1.51. The predicted molar refractivity (Wildman–Crippen MR) is 128 cm³/mol. The molecule has 10 heteroatoms. The monoisotopic (exact) mass is 474 g/mol. The predicted octanol–water partition coefficient (Wildman–Crippen LogP) is 4.01. The van der Waals surface area contributed by atoms with Gasteiger partial charge in [0.1, 0.15) is 5.25 Å². The molecule has 0 unspecified atom stereocenters. The van der Waals surface area contributed by atoms with Crippen LogP contribution >= 0.6 is 23.4 Å². The number of nitrogens with one attached hydrogen (secondary N) is 2. The maximum atomic E-state index is 12.3. The van der Waals surface area contributed by atoms with Crippen molar-refractivity contribution in [2.45, 2.75) is 25.5 Å². The first-order chi connectivity index (χ1) is 15.4. The summed E-state index contributed by atoms with van der Waals surface area (Å²) in [6.07, 6.45) is 1.52. The molecule has 1 aliphatic heterocycles. The second-order valence-corrected chi connectivity index (χ2v) is 8.43. The molecule has 0 aromatic heterocycles. The van der Waals surface area contributed by atoms with E-state index in [0.717, 1.165) is 17.3 Å². The molecule has 2 amide bonds. The molecule has 0 saturated carbocycles. The van der Waals surface area contributed by atoms with E-state index in [1.54, 1.807) is 12.1 Å². The number of carbonyl (C=O) groups excluding carboxylic acids is 2. The Bertz CT molecular complexity index is 1060. The number of amidine groups is 1. The van der Waals surface area contributed by atoms with E-state index in [-0.39, 0.29) is 18.2 Å². The van der Waals surface area contributed by atoms with Gasteiger partial charge < -0.3 is 20.1 Å². The summed E-state index contributed by atoms with van der Waals surface area (Å²) in [6, 6.07) is 10.9. The molecule has 168 valence electrons. The molecule has 1 saturated heterocycles. The lowest BCUT2D eigenvalue weighted by atomic mass is 10.2. The quantitative estimate of drug-likeness (QED) is 0.444. The Morgan fingerprint density at radius 1 is 1.31 bits per heavy atom. The topological polar surface area (TPSA) is 101 Å². The summed E-state index contributed by atoms with van der Waals surface area (Å²) >= 11 is 7.39. The molecular formula is C22H23ClN4O4S. The van der Waals surface area contributed by atoms with Crippen LogP contribution < -0.4 is 20.1 Å². The molecule has 1 atom stereocenters.